The van der Waals surface area contributed by atoms with Crippen LogP contribution in [0.1, 0.15) is 18.4 Å². The predicted octanol–water partition coefficient (Wildman–Crippen LogP) is 2.68. The molecule has 3 saturated heterocycles. The summed E-state index contributed by atoms with van der Waals surface area (Å²) in [5.41, 5.74) is 0.181. The first-order valence-electron chi connectivity index (χ1n) is 5.90. The minimum Gasteiger partial charge on any atom is -0.383 e. The average Bonchev–Trinajstić information content (AvgIpc) is 2.30. The van der Waals surface area contributed by atoms with Gasteiger partial charge in [-0.3, -0.25) is 0 Å². The highest BCUT2D eigenvalue weighted by Gasteiger charge is 2.47. The Balaban J connectivity index is 0.00000108. The summed E-state index contributed by atoms with van der Waals surface area (Å²) in [6.07, 6.45) is 2.17. The molecule has 3 aliphatic heterocycles. The van der Waals surface area contributed by atoms with Gasteiger partial charge in [-0.15, -0.1) is 12.4 Å². The molecule has 17 heavy (non-hydrogen) atoms. The van der Waals surface area contributed by atoms with Gasteiger partial charge in [-0.25, -0.2) is 0 Å². The lowest BCUT2D eigenvalue weighted by atomic mass is 9.72. The number of aliphatic hydroxyl groups is 1. The molecule has 1 unspecified atom stereocenters. The van der Waals surface area contributed by atoms with Crippen LogP contribution in [0.3, 0.4) is 0 Å². The quantitative estimate of drug-likeness (QED) is 0.851. The monoisotopic (exact) mass is 273 g/mol. The van der Waals surface area contributed by atoms with Crippen LogP contribution in [0, 0.1) is 5.92 Å². The number of nitrogens with zero attached hydrogens (tertiary/aromatic N) is 1. The fourth-order valence-corrected chi connectivity index (χ4v) is 3.46. The lowest BCUT2D eigenvalue weighted by Gasteiger charge is -2.50. The van der Waals surface area contributed by atoms with Crippen LogP contribution < -0.4 is 0 Å². The molecule has 3 fully saturated rings. The van der Waals surface area contributed by atoms with Gasteiger partial charge < -0.3 is 10.0 Å². The van der Waals surface area contributed by atoms with Crippen molar-refractivity contribution in [2.45, 2.75) is 18.4 Å². The fraction of sp³-hybridized carbons (Fsp3) is 0.538. The van der Waals surface area contributed by atoms with Crippen LogP contribution in [-0.2, 0) is 5.60 Å². The van der Waals surface area contributed by atoms with Gasteiger partial charge in [0.15, 0.2) is 0 Å². The second kappa shape index (κ2) is 4.77. The van der Waals surface area contributed by atoms with Gasteiger partial charge in [0.25, 0.3) is 0 Å². The first-order valence-corrected chi connectivity index (χ1v) is 6.28. The molecule has 1 aromatic rings. The van der Waals surface area contributed by atoms with E-state index in [9.17, 15) is 5.11 Å². The molecular weight excluding hydrogens is 257 g/mol. The highest BCUT2D eigenvalue weighted by Crippen LogP contribution is 2.44. The van der Waals surface area contributed by atoms with Gasteiger partial charge in [-0.1, -0.05) is 29.8 Å². The van der Waals surface area contributed by atoms with Gasteiger partial charge in [-0.05, 0) is 37.9 Å². The zero-order chi connectivity index (χ0) is 11.2. The van der Waals surface area contributed by atoms with E-state index in [1.807, 2.05) is 24.3 Å². The molecule has 3 heterocycles. The topological polar surface area (TPSA) is 23.5 Å². The van der Waals surface area contributed by atoms with Crippen molar-refractivity contribution >= 4 is 24.0 Å². The van der Waals surface area contributed by atoms with Crippen LogP contribution in [0.5, 0.6) is 0 Å². The Hall–Kier alpha value is -0.280. The molecule has 2 bridgehead atoms. The molecule has 0 amide bonds. The second-order valence-electron chi connectivity index (χ2n) is 4.95. The van der Waals surface area contributed by atoms with E-state index in [1.54, 1.807) is 0 Å². The molecule has 0 saturated carbocycles. The molecule has 2 nitrogen and oxygen atoms in total. The third-order valence-corrected chi connectivity index (χ3v) is 4.40. The number of hydrogen-bond donors (Lipinski definition) is 1. The first-order chi connectivity index (χ1) is 7.70. The Labute approximate surface area is 113 Å². The summed E-state index contributed by atoms with van der Waals surface area (Å²) < 4.78 is 0. The molecule has 94 valence electrons. The van der Waals surface area contributed by atoms with E-state index in [-0.39, 0.29) is 12.4 Å². The van der Waals surface area contributed by atoms with E-state index < -0.39 is 5.60 Å². The Kier molecular flexibility index (Phi) is 3.69. The summed E-state index contributed by atoms with van der Waals surface area (Å²) in [7, 11) is 0. The zero-order valence-corrected chi connectivity index (χ0v) is 11.2. The number of hydrogen-bond acceptors (Lipinski definition) is 2. The van der Waals surface area contributed by atoms with Gasteiger partial charge in [0.2, 0.25) is 0 Å². The van der Waals surface area contributed by atoms with Crippen LogP contribution in [0.15, 0.2) is 24.3 Å². The first kappa shape index (κ1) is 13.2. The van der Waals surface area contributed by atoms with Gasteiger partial charge in [0.05, 0.1) is 0 Å². The lowest BCUT2D eigenvalue weighted by molar-refractivity contribution is -0.117. The van der Waals surface area contributed by atoms with Gasteiger partial charge >= 0.3 is 0 Å². The Morgan fingerprint density at radius 3 is 2.41 bits per heavy atom. The molecule has 4 rings (SSSR count). The van der Waals surface area contributed by atoms with Crippen LogP contribution in [0.4, 0.5) is 0 Å². The third kappa shape index (κ3) is 2.08. The number of rotatable bonds is 1. The summed E-state index contributed by atoms with van der Waals surface area (Å²) in [5, 5.41) is 11.6. The largest absolute Gasteiger partial charge is 0.383 e. The normalized spacial score (nSPS) is 35.4. The SMILES string of the molecule is Cl.OC1(c2ccccc2Cl)CN2CCC1CC2. The molecule has 1 aromatic carbocycles. The zero-order valence-electron chi connectivity index (χ0n) is 9.60. The minimum atomic E-state index is -0.727. The Morgan fingerprint density at radius 2 is 1.88 bits per heavy atom. The molecule has 0 radical (unpaired) electrons. The van der Waals surface area contributed by atoms with Crippen molar-refractivity contribution in [3.05, 3.63) is 34.9 Å². The minimum absolute atomic E-state index is 0. The second-order valence-corrected chi connectivity index (χ2v) is 5.36. The molecule has 0 aliphatic carbocycles. The van der Waals surface area contributed by atoms with Crippen molar-refractivity contribution in [1.82, 2.24) is 4.90 Å². The van der Waals surface area contributed by atoms with Gasteiger partial charge in [0, 0.05) is 17.1 Å². The molecule has 1 atom stereocenters. The summed E-state index contributed by atoms with van der Waals surface area (Å²) in [6.45, 7) is 2.98. The summed E-state index contributed by atoms with van der Waals surface area (Å²) in [5.74, 6) is 0.373. The lowest BCUT2D eigenvalue weighted by Crippen LogP contribution is -2.57. The average molecular weight is 274 g/mol. The van der Waals surface area contributed by atoms with Crippen molar-refractivity contribution in [1.29, 1.82) is 0 Å². The smallest absolute Gasteiger partial charge is 0.107 e. The standard InChI is InChI=1S/C13H16ClNO.ClH/c14-12-4-2-1-3-11(12)13(16)9-15-7-5-10(13)6-8-15;/h1-4,10,16H,5-9H2;1H. The predicted molar refractivity (Wildman–Crippen MR) is 71.8 cm³/mol. The van der Waals surface area contributed by atoms with Crippen molar-refractivity contribution in [3.63, 3.8) is 0 Å². The van der Waals surface area contributed by atoms with Crippen LogP contribution >= 0.6 is 24.0 Å². The van der Waals surface area contributed by atoms with Crippen molar-refractivity contribution in [2.24, 2.45) is 5.92 Å². The maximum atomic E-state index is 10.9. The molecule has 1 N–H and O–H groups in total. The number of piperidine rings is 3. The van der Waals surface area contributed by atoms with Crippen LogP contribution in [0.2, 0.25) is 5.02 Å². The number of benzene rings is 1. The Morgan fingerprint density at radius 1 is 1.24 bits per heavy atom. The summed E-state index contributed by atoms with van der Waals surface area (Å²) in [4.78, 5) is 2.34. The molecule has 3 aliphatic rings. The molecule has 0 spiro atoms. The third-order valence-electron chi connectivity index (χ3n) is 4.07. The highest BCUT2D eigenvalue weighted by atomic mass is 35.5. The van der Waals surface area contributed by atoms with E-state index in [2.05, 4.69) is 4.90 Å². The van der Waals surface area contributed by atoms with Gasteiger partial charge in [-0.2, -0.15) is 0 Å². The summed E-state index contributed by atoms with van der Waals surface area (Å²) >= 11 is 6.21. The Bertz CT molecular complexity index is 404. The van der Waals surface area contributed by atoms with Crippen molar-refractivity contribution in [2.75, 3.05) is 19.6 Å². The van der Waals surface area contributed by atoms with E-state index >= 15 is 0 Å². The van der Waals surface area contributed by atoms with Crippen molar-refractivity contribution in [3.8, 4) is 0 Å². The maximum absolute atomic E-state index is 10.9. The van der Waals surface area contributed by atoms with E-state index in [0.717, 1.165) is 38.0 Å². The van der Waals surface area contributed by atoms with Gasteiger partial charge in [0.1, 0.15) is 5.60 Å². The van der Waals surface area contributed by atoms with Crippen LogP contribution in [-0.4, -0.2) is 29.6 Å². The van der Waals surface area contributed by atoms with Crippen molar-refractivity contribution < 1.29 is 5.11 Å². The van der Waals surface area contributed by atoms with E-state index in [1.165, 1.54) is 0 Å². The van der Waals surface area contributed by atoms with Crippen LogP contribution in [0.25, 0.3) is 0 Å². The number of halogens is 2. The fourth-order valence-electron chi connectivity index (χ4n) is 3.16. The highest BCUT2D eigenvalue weighted by molar-refractivity contribution is 6.31. The summed E-state index contributed by atoms with van der Waals surface area (Å²) in [6, 6.07) is 7.70. The molecule has 0 aromatic heterocycles. The van der Waals surface area contributed by atoms with E-state index in [0.29, 0.717) is 10.9 Å². The molecule has 4 heteroatoms. The number of fused-ring (bicyclic) bond motifs is 3. The van der Waals surface area contributed by atoms with E-state index in [4.69, 9.17) is 11.6 Å². The maximum Gasteiger partial charge on any atom is 0.107 e. The molecular formula is C13H17Cl2NO.